The molecule has 0 aromatic carbocycles. The van der Waals surface area contributed by atoms with Crippen molar-refractivity contribution in [3.63, 3.8) is 0 Å². The van der Waals surface area contributed by atoms with Gasteiger partial charge in [0, 0.05) is 23.7 Å². The largest absolute Gasteiger partial charge is 0.458 e. The Morgan fingerprint density at radius 2 is 1.21 bits per heavy atom. The van der Waals surface area contributed by atoms with Gasteiger partial charge in [0.2, 0.25) is 0 Å². The summed E-state index contributed by atoms with van der Waals surface area (Å²) in [5, 5.41) is 0. The van der Waals surface area contributed by atoms with Crippen LogP contribution in [0.15, 0.2) is 0 Å². The number of ether oxygens (including phenoxy) is 2. The molecule has 10 fully saturated rings. The Bertz CT molecular complexity index is 767. The molecule has 0 aromatic heterocycles. The van der Waals surface area contributed by atoms with Gasteiger partial charge in [-0.2, -0.15) is 0 Å². The molecule has 0 N–H and O–H groups in total. The summed E-state index contributed by atoms with van der Waals surface area (Å²) in [4.78, 5) is 27.0. The number of carbonyl (C=O) groups is 2. The van der Waals surface area contributed by atoms with Crippen LogP contribution in [0.5, 0.6) is 0 Å². The fraction of sp³-hybridized carbons (Fsp3) is 0.900. The molecule has 24 heavy (non-hydrogen) atoms. The molecule has 8 saturated carbocycles. The molecule has 2 saturated heterocycles. The molecule has 8 aliphatic carbocycles. The van der Waals surface area contributed by atoms with Gasteiger partial charge in [0.25, 0.3) is 0 Å². The zero-order valence-corrected chi connectivity index (χ0v) is 13.5. The molecule has 4 heteroatoms. The van der Waals surface area contributed by atoms with Crippen LogP contribution in [0.4, 0.5) is 0 Å². The Kier molecular flexibility index (Phi) is 1.25. The number of hydrogen-bond acceptors (Lipinski definition) is 4. The third kappa shape index (κ3) is 0.579. The highest BCUT2D eigenvalue weighted by molar-refractivity contribution is 5.99. The number of rotatable bonds is 0. The van der Waals surface area contributed by atoms with E-state index in [1.807, 2.05) is 0 Å². The minimum Gasteiger partial charge on any atom is -0.458 e. The van der Waals surface area contributed by atoms with Crippen LogP contribution < -0.4 is 0 Å². The van der Waals surface area contributed by atoms with Crippen LogP contribution >= 0.6 is 0 Å². The van der Waals surface area contributed by atoms with Gasteiger partial charge in [-0.05, 0) is 62.2 Å². The molecule has 10 aliphatic rings. The Labute approximate surface area is 139 Å². The van der Waals surface area contributed by atoms with Gasteiger partial charge in [-0.15, -0.1) is 0 Å². The summed E-state index contributed by atoms with van der Waals surface area (Å²) < 4.78 is 12.6. The summed E-state index contributed by atoms with van der Waals surface area (Å²) in [5.41, 5.74) is -1.25. The van der Waals surface area contributed by atoms with E-state index in [1.165, 1.54) is 12.8 Å². The van der Waals surface area contributed by atoms with E-state index >= 15 is 0 Å². The average Bonchev–Trinajstić information content (AvgIpc) is 3.32. The zero-order valence-electron chi connectivity index (χ0n) is 13.5. The van der Waals surface area contributed by atoms with Gasteiger partial charge in [0.1, 0.15) is 11.2 Å². The number of hydrogen-bond donors (Lipinski definition) is 0. The van der Waals surface area contributed by atoms with Gasteiger partial charge in [-0.1, -0.05) is 0 Å². The maximum Gasteiger partial charge on any atom is 0.314 e. The maximum absolute atomic E-state index is 13.5. The highest BCUT2D eigenvalue weighted by atomic mass is 16.6. The summed E-state index contributed by atoms with van der Waals surface area (Å²) in [6, 6.07) is 0. The monoisotopic (exact) mass is 324 g/mol. The van der Waals surface area contributed by atoms with Crippen LogP contribution in [0, 0.1) is 58.2 Å². The molecule has 124 valence electrons. The van der Waals surface area contributed by atoms with Crippen LogP contribution in [0.1, 0.15) is 38.5 Å². The van der Waals surface area contributed by atoms with Crippen LogP contribution in [-0.4, -0.2) is 23.1 Å². The predicted molar refractivity (Wildman–Crippen MR) is 78.1 cm³/mol. The third-order valence-electron chi connectivity index (χ3n) is 11.3. The topological polar surface area (TPSA) is 52.6 Å². The summed E-state index contributed by atoms with van der Waals surface area (Å²) in [7, 11) is 0. The number of carbonyl (C=O) groups excluding carboxylic acids is 2. The second kappa shape index (κ2) is 2.59. The molecule has 8 bridgehead atoms. The van der Waals surface area contributed by atoms with Crippen LogP contribution in [0.3, 0.4) is 0 Å². The van der Waals surface area contributed by atoms with E-state index in [2.05, 4.69) is 0 Å². The minimum atomic E-state index is -0.454. The van der Waals surface area contributed by atoms with E-state index in [9.17, 15) is 9.59 Å². The molecule has 4 nitrogen and oxygen atoms in total. The first-order valence-electron chi connectivity index (χ1n) is 10.1. The van der Waals surface area contributed by atoms with E-state index in [0.29, 0.717) is 47.3 Å². The van der Waals surface area contributed by atoms with Gasteiger partial charge >= 0.3 is 11.9 Å². The SMILES string of the molecule is O=C1O[C@]23CCC[C@@H]2[C@H]2[C@H]4[C@H]5[C@H]6[C@@H]7CCC[C@@]78OC(=O)[C@@]2([C@@H]58)[C@@]16[C@H]43. The van der Waals surface area contributed by atoms with Crippen molar-refractivity contribution in [2.24, 2.45) is 58.2 Å². The first-order valence-corrected chi connectivity index (χ1v) is 10.1. The highest BCUT2D eigenvalue weighted by Crippen LogP contribution is 3.02. The molecule has 0 radical (unpaired) electrons. The smallest absolute Gasteiger partial charge is 0.314 e. The van der Waals surface area contributed by atoms with Crippen molar-refractivity contribution in [2.75, 3.05) is 0 Å². The highest BCUT2D eigenvalue weighted by Gasteiger charge is 3.09. The predicted octanol–water partition coefficient (Wildman–Crippen LogP) is 1.92. The van der Waals surface area contributed by atoms with E-state index in [4.69, 9.17) is 9.47 Å². The van der Waals surface area contributed by atoms with Crippen molar-refractivity contribution in [3.8, 4) is 0 Å². The van der Waals surface area contributed by atoms with Crippen molar-refractivity contribution in [2.45, 2.75) is 49.7 Å². The van der Waals surface area contributed by atoms with Gasteiger partial charge < -0.3 is 9.47 Å². The molecular formula is C20H20O4. The molecule has 0 unspecified atom stereocenters. The third-order valence-corrected chi connectivity index (χ3v) is 11.3. The number of esters is 2. The lowest BCUT2D eigenvalue weighted by Gasteiger charge is -2.51. The fourth-order valence-corrected chi connectivity index (χ4v) is 12.2. The maximum atomic E-state index is 13.5. The minimum absolute atomic E-state index is 0.0405. The second-order valence-corrected chi connectivity index (χ2v) is 10.6. The van der Waals surface area contributed by atoms with Crippen molar-refractivity contribution in [1.29, 1.82) is 0 Å². The molecule has 0 amide bonds. The Hall–Kier alpha value is -1.06. The summed E-state index contributed by atoms with van der Waals surface area (Å²) in [5.74, 6) is 3.77. The van der Waals surface area contributed by atoms with E-state index in [0.717, 1.165) is 25.7 Å². The van der Waals surface area contributed by atoms with E-state index < -0.39 is 10.8 Å². The Balaban J connectivity index is 1.47. The normalized spacial score (nSPS) is 78.5. The first-order chi connectivity index (χ1) is 11.7. The summed E-state index contributed by atoms with van der Waals surface area (Å²) >= 11 is 0. The van der Waals surface area contributed by atoms with Crippen molar-refractivity contribution in [3.05, 3.63) is 0 Å². The average molecular weight is 324 g/mol. The quantitative estimate of drug-likeness (QED) is 0.639. The molecule has 0 aromatic rings. The van der Waals surface area contributed by atoms with Crippen LogP contribution in [-0.2, 0) is 19.1 Å². The molecule has 2 heterocycles. The molecular weight excluding hydrogens is 304 g/mol. The van der Waals surface area contributed by atoms with Crippen molar-refractivity contribution < 1.29 is 19.1 Å². The van der Waals surface area contributed by atoms with Gasteiger partial charge in [-0.25, -0.2) is 0 Å². The van der Waals surface area contributed by atoms with Crippen LogP contribution in [0.2, 0.25) is 0 Å². The van der Waals surface area contributed by atoms with Gasteiger partial charge in [0.15, 0.2) is 0 Å². The molecule has 4 spiro atoms. The zero-order chi connectivity index (χ0) is 15.4. The lowest BCUT2D eigenvalue weighted by atomic mass is 9.45. The first kappa shape index (κ1) is 11.5. The molecule has 12 atom stereocenters. The van der Waals surface area contributed by atoms with Crippen molar-refractivity contribution >= 4 is 11.9 Å². The van der Waals surface area contributed by atoms with Crippen molar-refractivity contribution in [1.82, 2.24) is 0 Å². The van der Waals surface area contributed by atoms with Gasteiger partial charge in [0.05, 0.1) is 10.8 Å². The molecule has 2 aliphatic heterocycles. The Morgan fingerprint density at radius 1 is 0.750 bits per heavy atom. The summed E-state index contributed by atoms with van der Waals surface area (Å²) in [6.45, 7) is 0. The lowest BCUT2D eigenvalue weighted by molar-refractivity contribution is -0.166. The molecule has 10 rings (SSSR count). The second-order valence-electron chi connectivity index (χ2n) is 10.6. The van der Waals surface area contributed by atoms with E-state index in [-0.39, 0.29) is 23.1 Å². The Morgan fingerprint density at radius 3 is 1.67 bits per heavy atom. The standard InChI is InChI=1S/C20H20O4/c21-15-20-12-8-4-2-6-18(8)14-10(12)9-11(19(14,20)16(22)24-18)7-3-1-5-17(7,23-15)13(9)20/h7-14H,1-6H2/t7-,8+,9-,10+,11+,12-,13-,14+,17-,18-,19-,20+/m1/s1. The lowest BCUT2D eigenvalue weighted by Crippen LogP contribution is -2.62. The van der Waals surface area contributed by atoms with Gasteiger partial charge in [-0.3, -0.25) is 9.59 Å². The summed E-state index contributed by atoms with van der Waals surface area (Å²) in [6.07, 6.45) is 6.80. The fourth-order valence-electron chi connectivity index (χ4n) is 12.2. The van der Waals surface area contributed by atoms with E-state index in [1.54, 1.807) is 0 Å². The van der Waals surface area contributed by atoms with Crippen LogP contribution in [0.25, 0.3) is 0 Å².